The molecule has 0 radical (unpaired) electrons. The number of rotatable bonds is 1. The molecule has 0 N–H and O–H groups in total. The highest BCUT2D eigenvalue weighted by Crippen LogP contribution is 2.14. The van der Waals surface area contributed by atoms with Gasteiger partial charge in [-0.15, -0.1) is 11.3 Å². The Morgan fingerprint density at radius 1 is 1.31 bits per heavy atom. The Kier molecular flexibility index (Phi) is 2.04. The van der Waals surface area contributed by atoms with E-state index in [4.69, 9.17) is 0 Å². The zero-order chi connectivity index (χ0) is 11.0. The van der Waals surface area contributed by atoms with Crippen molar-refractivity contribution in [3.05, 3.63) is 52.7 Å². The summed E-state index contributed by atoms with van der Waals surface area (Å²) in [6.07, 6.45) is 4.85. The third kappa shape index (κ3) is 1.33. The monoisotopic (exact) mass is 229 g/mol. The first kappa shape index (κ1) is 9.23. The quantitative estimate of drug-likeness (QED) is 0.639. The van der Waals surface area contributed by atoms with E-state index in [1.165, 1.54) is 22.2 Å². The molecule has 0 spiro atoms. The van der Waals surface area contributed by atoms with Gasteiger partial charge in [0.2, 0.25) is 0 Å². The van der Waals surface area contributed by atoms with Crippen LogP contribution in [0.2, 0.25) is 0 Å². The Bertz CT molecular complexity index is 687. The number of nitrogens with zero attached hydrogens (tertiary/aromatic N) is 3. The summed E-state index contributed by atoms with van der Waals surface area (Å²) in [5.41, 5.74) is 1.43. The van der Waals surface area contributed by atoms with Crippen LogP contribution in [0.15, 0.2) is 47.1 Å². The van der Waals surface area contributed by atoms with E-state index in [0.29, 0.717) is 4.70 Å². The van der Waals surface area contributed by atoms with Crippen LogP contribution in [-0.2, 0) is 0 Å². The Hall–Kier alpha value is -2.01. The van der Waals surface area contributed by atoms with Crippen molar-refractivity contribution in [2.24, 2.45) is 0 Å². The molecule has 3 aromatic rings. The fourth-order valence-electron chi connectivity index (χ4n) is 1.53. The minimum absolute atomic E-state index is 0.0481. The minimum atomic E-state index is -0.0481. The van der Waals surface area contributed by atoms with E-state index in [9.17, 15) is 4.79 Å². The predicted molar refractivity (Wildman–Crippen MR) is 63.0 cm³/mol. The average Bonchev–Trinajstić information content (AvgIpc) is 2.80. The number of fused-ring (bicyclic) bond motifs is 1. The molecule has 0 atom stereocenters. The van der Waals surface area contributed by atoms with Gasteiger partial charge in [0.1, 0.15) is 11.0 Å². The Labute approximate surface area is 94.8 Å². The molecular weight excluding hydrogens is 222 g/mol. The first-order chi connectivity index (χ1) is 7.86. The molecule has 4 nitrogen and oxygen atoms in total. The molecule has 3 heterocycles. The van der Waals surface area contributed by atoms with Crippen LogP contribution >= 0.6 is 11.3 Å². The molecule has 0 aliphatic rings. The average molecular weight is 229 g/mol. The molecule has 0 saturated heterocycles. The van der Waals surface area contributed by atoms with Gasteiger partial charge in [-0.25, -0.2) is 4.98 Å². The lowest BCUT2D eigenvalue weighted by molar-refractivity contribution is 0.957. The van der Waals surface area contributed by atoms with Gasteiger partial charge in [0.25, 0.3) is 5.56 Å². The van der Waals surface area contributed by atoms with Crippen LogP contribution in [0.4, 0.5) is 0 Å². The largest absolute Gasteiger partial charge is 0.275 e. The van der Waals surface area contributed by atoms with Crippen LogP contribution in [-0.4, -0.2) is 14.5 Å². The lowest BCUT2D eigenvalue weighted by atomic mass is 10.4. The molecule has 0 saturated carbocycles. The third-order valence-electron chi connectivity index (χ3n) is 2.29. The first-order valence-electron chi connectivity index (χ1n) is 4.71. The molecule has 0 unspecified atom stereocenters. The van der Waals surface area contributed by atoms with E-state index < -0.39 is 0 Å². The molecule has 0 aliphatic heterocycles. The molecule has 0 fully saturated rings. The maximum absolute atomic E-state index is 12.1. The van der Waals surface area contributed by atoms with E-state index in [0.717, 1.165) is 11.2 Å². The molecule has 0 aliphatic carbocycles. The van der Waals surface area contributed by atoms with Gasteiger partial charge < -0.3 is 0 Å². The Morgan fingerprint density at radius 3 is 3.06 bits per heavy atom. The zero-order valence-corrected chi connectivity index (χ0v) is 9.02. The number of thiophene rings is 1. The molecule has 3 aromatic heterocycles. The standard InChI is InChI=1S/C11H7N3OS/c15-11-10-9(3-5-16-10)13-7-14(11)8-2-1-4-12-6-8/h1-7H. The summed E-state index contributed by atoms with van der Waals surface area (Å²) in [6, 6.07) is 5.46. The van der Waals surface area contributed by atoms with E-state index in [1.54, 1.807) is 18.5 Å². The van der Waals surface area contributed by atoms with Gasteiger partial charge in [0.15, 0.2) is 0 Å². The lowest BCUT2D eigenvalue weighted by Gasteiger charge is -2.03. The predicted octanol–water partition coefficient (Wildman–Crippen LogP) is 1.84. The topological polar surface area (TPSA) is 47.8 Å². The second-order valence-corrected chi connectivity index (χ2v) is 4.18. The van der Waals surface area contributed by atoms with Gasteiger partial charge in [-0.05, 0) is 23.6 Å². The van der Waals surface area contributed by atoms with Crippen molar-refractivity contribution < 1.29 is 0 Å². The summed E-state index contributed by atoms with van der Waals surface area (Å²) in [7, 11) is 0. The normalized spacial score (nSPS) is 10.8. The van der Waals surface area contributed by atoms with Gasteiger partial charge in [-0.3, -0.25) is 14.3 Å². The van der Waals surface area contributed by atoms with Crippen molar-refractivity contribution >= 4 is 21.6 Å². The van der Waals surface area contributed by atoms with Crippen molar-refractivity contribution in [2.45, 2.75) is 0 Å². The molecule has 0 amide bonds. The summed E-state index contributed by atoms with van der Waals surface area (Å²) in [5, 5.41) is 1.87. The van der Waals surface area contributed by atoms with Gasteiger partial charge >= 0.3 is 0 Å². The van der Waals surface area contributed by atoms with Crippen molar-refractivity contribution in [1.29, 1.82) is 0 Å². The Balaban J connectivity index is 2.33. The van der Waals surface area contributed by atoms with Crippen LogP contribution in [0, 0.1) is 0 Å². The summed E-state index contributed by atoms with van der Waals surface area (Å²) in [4.78, 5) is 20.3. The zero-order valence-electron chi connectivity index (χ0n) is 8.20. The van der Waals surface area contributed by atoms with E-state index >= 15 is 0 Å². The number of aromatic nitrogens is 3. The number of pyridine rings is 1. The summed E-state index contributed by atoms with van der Waals surface area (Å²) in [6.45, 7) is 0. The molecule has 3 rings (SSSR count). The van der Waals surface area contributed by atoms with Gasteiger partial charge in [0, 0.05) is 6.20 Å². The summed E-state index contributed by atoms with van der Waals surface area (Å²) in [5.74, 6) is 0. The van der Waals surface area contributed by atoms with E-state index in [1.807, 2.05) is 17.5 Å². The maximum atomic E-state index is 12.1. The molecule has 0 bridgehead atoms. The fraction of sp³-hybridized carbons (Fsp3) is 0. The van der Waals surface area contributed by atoms with Crippen molar-refractivity contribution in [1.82, 2.24) is 14.5 Å². The van der Waals surface area contributed by atoms with Crippen molar-refractivity contribution in [3.8, 4) is 5.69 Å². The van der Waals surface area contributed by atoms with Gasteiger partial charge in [-0.1, -0.05) is 0 Å². The molecule has 78 valence electrons. The van der Waals surface area contributed by atoms with Crippen LogP contribution in [0.5, 0.6) is 0 Å². The first-order valence-corrected chi connectivity index (χ1v) is 5.59. The lowest BCUT2D eigenvalue weighted by Crippen LogP contribution is -2.17. The number of hydrogen-bond donors (Lipinski definition) is 0. The smallest absolute Gasteiger partial charge is 0.267 e. The highest BCUT2D eigenvalue weighted by molar-refractivity contribution is 7.17. The minimum Gasteiger partial charge on any atom is -0.267 e. The van der Waals surface area contributed by atoms with Crippen LogP contribution < -0.4 is 5.56 Å². The third-order valence-corrected chi connectivity index (χ3v) is 3.19. The van der Waals surface area contributed by atoms with E-state index in [-0.39, 0.29) is 5.56 Å². The second-order valence-electron chi connectivity index (χ2n) is 3.27. The van der Waals surface area contributed by atoms with Crippen LogP contribution in [0.3, 0.4) is 0 Å². The number of hydrogen-bond acceptors (Lipinski definition) is 4. The van der Waals surface area contributed by atoms with Gasteiger partial charge in [0.05, 0.1) is 17.4 Å². The highest BCUT2D eigenvalue weighted by atomic mass is 32.1. The second kappa shape index (κ2) is 3.53. The van der Waals surface area contributed by atoms with Gasteiger partial charge in [-0.2, -0.15) is 0 Å². The fourth-order valence-corrected chi connectivity index (χ4v) is 2.30. The van der Waals surface area contributed by atoms with E-state index in [2.05, 4.69) is 9.97 Å². The molecular formula is C11H7N3OS. The van der Waals surface area contributed by atoms with Crippen molar-refractivity contribution in [3.63, 3.8) is 0 Å². The molecule has 16 heavy (non-hydrogen) atoms. The maximum Gasteiger partial charge on any atom is 0.275 e. The van der Waals surface area contributed by atoms with Crippen molar-refractivity contribution in [2.75, 3.05) is 0 Å². The van der Waals surface area contributed by atoms with Crippen LogP contribution in [0.25, 0.3) is 15.9 Å². The summed E-state index contributed by atoms with van der Waals surface area (Å²) < 4.78 is 2.18. The SMILES string of the molecule is O=c1c2sccc2ncn1-c1cccnc1. The molecule has 5 heteroatoms. The summed E-state index contributed by atoms with van der Waals surface area (Å²) >= 11 is 1.41. The van der Waals surface area contributed by atoms with Crippen LogP contribution in [0.1, 0.15) is 0 Å². The molecule has 0 aromatic carbocycles. The highest BCUT2D eigenvalue weighted by Gasteiger charge is 2.06. The Morgan fingerprint density at radius 2 is 2.25 bits per heavy atom.